The Labute approximate surface area is 122 Å². The minimum atomic E-state index is 0.551. The molecule has 1 N–H and O–H groups in total. The zero-order valence-corrected chi connectivity index (χ0v) is 12.1. The van der Waals surface area contributed by atoms with E-state index < -0.39 is 0 Å². The summed E-state index contributed by atoms with van der Waals surface area (Å²) >= 11 is 1.51. The van der Waals surface area contributed by atoms with Crippen LogP contribution >= 0.6 is 11.3 Å². The van der Waals surface area contributed by atoms with Crippen LogP contribution in [0.1, 0.15) is 9.75 Å². The predicted octanol–water partition coefficient (Wildman–Crippen LogP) is 3.26. The monoisotopic (exact) mass is 288 g/mol. The van der Waals surface area contributed by atoms with E-state index >= 15 is 0 Å². The van der Waals surface area contributed by atoms with Crippen molar-refractivity contribution >= 4 is 17.0 Å². The molecule has 2 rings (SSSR count). The number of nitrogens with zero attached hydrogens (tertiary/aromatic N) is 1. The van der Waals surface area contributed by atoms with Gasteiger partial charge in [0.15, 0.2) is 0 Å². The van der Waals surface area contributed by atoms with E-state index in [2.05, 4.69) is 11.4 Å². The van der Waals surface area contributed by atoms with E-state index in [0.717, 1.165) is 27.7 Å². The number of nitriles is 1. The Hall–Kier alpha value is -2.03. The van der Waals surface area contributed by atoms with Crippen molar-refractivity contribution in [2.75, 3.05) is 25.6 Å². The molecule has 0 saturated carbocycles. The van der Waals surface area contributed by atoms with Gasteiger partial charge >= 0.3 is 0 Å². The maximum absolute atomic E-state index is 8.77. The van der Waals surface area contributed by atoms with Crippen molar-refractivity contribution in [1.29, 1.82) is 5.26 Å². The first-order valence-electron chi connectivity index (χ1n) is 6.26. The van der Waals surface area contributed by atoms with E-state index in [-0.39, 0.29) is 0 Å². The van der Waals surface area contributed by atoms with Crippen molar-refractivity contribution in [3.8, 4) is 11.8 Å². The van der Waals surface area contributed by atoms with Gasteiger partial charge in [-0.25, -0.2) is 0 Å². The van der Waals surface area contributed by atoms with E-state index in [9.17, 15) is 0 Å². The molecule has 0 bridgehead atoms. The number of hydrogen-bond acceptors (Lipinski definition) is 5. The number of thiophene rings is 1. The van der Waals surface area contributed by atoms with Crippen LogP contribution < -0.4 is 10.1 Å². The Morgan fingerprint density at radius 3 is 2.60 bits per heavy atom. The van der Waals surface area contributed by atoms with Crippen molar-refractivity contribution in [2.24, 2.45) is 0 Å². The van der Waals surface area contributed by atoms with E-state index in [1.165, 1.54) is 11.3 Å². The molecule has 0 atom stereocenters. The molecule has 20 heavy (non-hydrogen) atoms. The van der Waals surface area contributed by atoms with E-state index in [0.29, 0.717) is 13.2 Å². The smallest absolute Gasteiger partial charge is 0.119 e. The molecule has 1 aromatic carbocycles. The molecule has 1 aromatic heterocycles. The number of nitrogens with one attached hydrogen (secondary N) is 1. The van der Waals surface area contributed by atoms with Gasteiger partial charge in [-0.2, -0.15) is 5.26 Å². The second kappa shape index (κ2) is 7.53. The minimum Gasteiger partial charge on any atom is -0.491 e. The average molecular weight is 288 g/mol. The third kappa shape index (κ3) is 4.26. The van der Waals surface area contributed by atoms with Gasteiger partial charge in [0.2, 0.25) is 0 Å². The van der Waals surface area contributed by atoms with Crippen molar-refractivity contribution in [1.82, 2.24) is 0 Å². The van der Waals surface area contributed by atoms with Gasteiger partial charge in [0.05, 0.1) is 6.61 Å². The first kappa shape index (κ1) is 14.4. The summed E-state index contributed by atoms with van der Waals surface area (Å²) in [6.07, 6.45) is 0. The van der Waals surface area contributed by atoms with Crippen LogP contribution in [0, 0.1) is 11.3 Å². The Bertz CT molecular complexity index is 572. The summed E-state index contributed by atoms with van der Waals surface area (Å²) in [5.74, 6) is 0.829. The third-order valence-corrected chi connectivity index (χ3v) is 3.64. The highest BCUT2D eigenvalue weighted by atomic mass is 32.1. The first-order chi connectivity index (χ1) is 9.81. The lowest BCUT2D eigenvalue weighted by Gasteiger charge is -2.08. The predicted molar refractivity (Wildman–Crippen MR) is 80.2 cm³/mol. The quantitative estimate of drug-likeness (QED) is 0.795. The highest BCUT2D eigenvalue weighted by Gasteiger charge is 2.00. The van der Waals surface area contributed by atoms with Crippen LogP contribution in [0.3, 0.4) is 0 Å². The normalized spacial score (nSPS) is 10.0. The molecule has 5 heteroatoms. The molecule has 0 aliphatic carbocycles. The second-order valence-corrected chi connectivity index (χ2v) is 5.27. The molecule has 104 valence electrons. The highest BCUT2D eigenvalue weighted by molar-refractivity contribution is 7.12. The topological polar surface area (TPSA) is 54.3 Å². The third-order valence-electron chi connectivity index (χ3n) is 2.65. The Morgan fingerprint density at radius 2 is 1.95 bits per heavy atom. The summed E-state index contributed by atoms with van der Waals surface area (Å²) in [6, 6.07) is 13.7. The summed E-state index contributed by atoms with van der Waals surface area (Å²) in [6.45, 7) is 1.85. The number of hydrogen-bond donors (Lipinski definition) is 1. The molecular formula is C15H16N2O2S. The highest BCUT2D eigenvalue weighted by Crippen LogP contribution is 2.19. The molecule has 0 fully saturated rings. The molecule has 0 spiro atoms. The molecule has 1 heterocycles. The van der Waals surface area contributed by atoms with Crippen molar-refractivity contribution in [3.63, 3.8) is 0 Å². The van der Waals surface area contributed by atoms with Crippen molar-refractivity contribution < 1.29 is 9.47 Å². The molecule has 0 aliphatic heterocycles. The number of anilines is 1. The molecule has 0 unspecified atom stereocenters. The Morgan fingerprint density at radius 1 is 1.15 bits per heavy atom. The molecule has 0 saturated heterocycles. The number of methoxy groups -OCH3 is 1. The van der Waals surface area contributed by atoms with Gasteiger partial charge in [-0.05, 0) is 36.4 Å². The maximum Gasteiger partial charge on any atom is 0.119 e. The average Bonchev–Trinajstić information content (AvgIpc) is 2.95. The van der Waals surface area contributed by atoms with Gasteiger partial charge in [0.1, 0.15) is 23.3 Å². The summed E-state index contributed by atoms with van der Waals surface area (Å²) in [5, 5.41) is 12.1. The van der Waals surface area contributed by atoms with E-state index in [1.54, 1.807) is 7.11 Å². The molecule has 0 radical (unpaired) electrons. The van der Waals surface area contributed by atoms with Gasteiger partial charge in [-0.15, -0.1) is 11.3 Å². The fourth-order valence-corrected chi connectivity index (χ4v) is 2.38. The summed E-state index contributed by atoms with van der Waals surface area (Å²) in [4.78, 5) is 1.88. The molecule has 2 aromatic rings. The SMILES string of the molecule is COCCOc1ccc(NCc2ccc(C#N)s2)cc1. The van der Waals surface area contributed by atoms with Crippen LogP contribution in [0.5, 0.6) is 5.75 Å². The van der Waals surface area contributed by atoms with Crippen molar-refractivity contribution in [2.45, 2.75) is 6.54 Å². The Kier molecular flexibility index (Phi) is 5.42. The zero-order chi connectivity index (χ0) is 14.2. The first-order valence-corrected chi connectivity index (χ1v) is 7.08. The Balaban J connectivity index is 1.83. The summed E-state index contributed by atoms with van der Waals surface area (Å²) in [7, 11) is 1.65. The second-order valence-electron chi connectivity index (χ2n) is 4.10. The largest absolute Gasteiger partial charge is 0.491 e. The molecule has 4 nitrogen and oxygen atoms in total. The van der Waals surface area contributed by atoms with Crippen LogP contribution in [0.15, 0.2) is 36.4 Å². The van der Waals surface area contributed by atoms with E-state index in [1.807, 2.05) is 36.4 Å². The van der Waals surface area contributed by atoms with Crippen molar-refractivity contribution in [3.05, 3.63) is 46.2 Å². The standard InChI is InChI=1S/C15H16N2O2S/c1-18-8-9-19-13-4-2-12(3-5-13)17-11-15-7-6-14(10-16)20-15/h2-7,17H,8-9,11H2,1H3. The minimum absolute atomic E-state index is 0.551. The number of rotatable bonds is 7. The van der Waals surface area contributed by atoms with Gasteiger partial charge in [-0.3, -0.25) is 0 Å². The summed E-state index contributed by atoms with van der Waals surface area (Å²) < 4.78 is 10.4. The molecule has 0 aliphatic rings. The van der Waals surface area contributed by atoms with Gasteiger partial charge in [-0.1, -0.05) is 0 Å². The van der Waals surface area contributed by atoms with Crippen LogP contribution in [-0.4, -0.2) is 20.3 Å². The number of benzene rings is 1. The zero-order valence-electron chi connectivity index (χ0n) is 11.3. The van der Waals surface area contributed by atoms with Crippen LogP contribution in [0.4, 0.5) is 5.69 Å². The lowest BCUT2D eigenvalue weighted by molar-refractivity contribution is 0.146. The fourth-order valence-electron chi connectivity index (χ4n) is 1.63. The van der Waals surface area contributed by atoms with Gasteiger partial charge < -0.3 is 14.8 Å². The molecule has 0 amide bonds. The lowest BCUT2D eigenvalue weighted by atomic mass is 10.3. The van der Waals surface area contributed by atoms with E-state index in [4.69, 9.17) is 14.7 Å². The number of ether oxygens (including phenoxy) is 2. The maximum atomic E-state index is 8.77. The van der Waals surface area contributed by atoms with Gasteiger partial charge in [0.25, 0.3) is 0 Å². The fraction of sp³-hybridized carbons (Fsp3) is 0.267. The van der Waals surface area contributed by atoms with Gasteiger partial charge in [0, 0.05) is 24.2 Å². The van der Waals surface area contributed by atoms with Crippen LogP contribution in [0.25, 0.3) is 0 Å². The van der Waals surface area contributed by atoms with Crippen LogP contribution in [-0.2, 0) is 11.3 Å². The lowest BCUT2D eigenvalue weighted by Crippen LogP contribution is -2.04. The summed E-state index contributed by atoms with van der Waals surface area (Å²) in [5.41, 5.74) is 1.02. The van der Waals surface area contributed by atoms with Crippen LogP contribution in [0.2, 0.25) is 0 Å². The molecular weight excluding hydrogens is 272 g/mol.